The third-order valence-electron chi connectivity index (χ3n) is 5.68. The fourth-order valence-corrected chi connectivity index (χ4v) is 4.61. The van der Waals surface area contributed by atoms with Gasteiger partial charge in [0.2, 0.25) is 0 Å². The number of hydrogen-bond donors (Lipinski definition) is 2. The Morgan fingerprint density at radius 2 is 1.86 bits per heavy atom. The van der Waals surface area contributed by atoms with Gasteiger partial charge in [0.05, 0.1) is 5.60 Å². The molecule has 3 rings (SSSR count). The van der Waals surface area contributed by atoms with Crippen molar-refractivity contribution in [3.8, 4) is 0 Å². The van der Waals surface area contributed by atoms with Crippen molar-refractivity contribution in [3.05, 3.63) is 23.4 Å². The lowest BCUT2D eigenvalue weighted by Gasteiger charge is -2.45. The van der Waals surface area contributed by atoms with Gasteiger partial charge in [-0.3, -0.25) is 0 Å². The summed E-state index contributed by atoms with van der Waals surface area (Å²) in [4.78, 5) is 4.30. The standard InChI is InChI=1S/C18H28N2O/c1-13-11-16(17(19)20-12-13)18(21)10-6-5-9-15(18)14-7-3-2-4-8-14/h11-12,14-15,21H,2-10H2,1H3,(H2,19,20). The van der Waals surface area contributed by atoms with E-state index in [2.05, 4.69) is 11.1 Å². The van der Waals surface area contributed by atoms with Crippen LogP contribution in [0.4, 0.5) is 5.82 Å². The first kappa shape index (κ1) is 14.8. The molecule has 3 N–H and O–H groups in total. The summed E-state index contributed by atoms with van der Waals surface area (Å²) >= 11 is 0. The van der Waals surface area contributed by atoms with Crippen LogP contribution in [-0.4, -0.2) is 10.1 Å². The fourth-order valence-electron chi connectivity index (χ4n) is 4.61. The SMILES string of the molecule is Cc1cnc(N)c(C2(O)CCCCC2C2CCCCC2)c1. The van der Waals surface area contributed by atoms with Gasteiger partial charge in [0.15, 0.2) is 0 Å². The molecule has 2 saturated carbocycles. The van der Waals surface area contributed by atoms with Crippen LogP contribution in [-0.2, 0) is 5.60 Å². The predicted octanol–water partition coefficient (Wildman–Crippen LogP) is 3.93. The summed E-state index contributed by atoms with van der Waals surface area (Å²) in [7, 11) is 0. The van der Waals surface area contributed by atoms with Gasteiger partial charge in [0.1, 0.15) is 5.82 Å². The highest BCUT2D eigenvalue weighted by Crippen LogP contribution is 2.49. The van der Waals surface area contributed by atoms with Crippen LogP contribution in [0.25, 0.3) is 0 Å². The lowest BCUT2D eigenvalue weighted by Crippen LogP contribution is -2.43. The molecule has 2 unspecified atom stereocenters. The number of hydrogen-bond acceptors (Lipinski definition) is 3. The molecule has 21 heavy (non-hydrogen) atoms. The first-order valence-electron chi connectivity index (χ1n) is 8.56. The summed E-state index contributed by atoms with van der Waals surface area (Å²) in [5.41, 5.74) is 7.34. The van der Waals surface area contributed by atoms with Gasteiger partial charge < -0.3 is 10.8 Å². The number of anilines is 1. The molecule has 0 aromatic carbocycles. The maximum atomic E-state index is 11.5. The molecule has 0 saturated heterocycles. The van der Waals surface area contributed by atoms with E-state index in [1.165, 1.54) is 38.5 Å². The largest absolute Gasteiger partial charge is 0.385 e. The number of aromatic nitrogens is 1. The lowest BCUT2D eigenvalue weighted by atomic mass is 9.63. The number of nitrogens with two attached hydrogens (primary N) is 1. The van der Waals surface area contributed by atoms with E-state index in [9.17, 15) is 5.11 Å². The fraction of sp³-hybridized carbons (Fsp3) is 0.722. The molecule has 116 valence electrons. The Balaban J connectivity index is 1.96. The molecule has 0 amide bonds. The summed E-state index contributed by atoms with van der Waals surface area (Å²) in [5, 5.41) is 11.5. The first-order valence-corrected chi connectivity index (χ1v) is 8.56. The topological polar surface area (TPSA) is 59.1 Å². The van der Waals surface area contributed by atoms with Crippen LogP contribution in [0.2, 0.25) is 0 Å². The van der Waals surface area contributed by atoms with E-state index in [1.54, 1.807) is 6.20 Å². The Kier molecular flexibility index (Phi) is 4.21. The molecule has 0 spiro atoms. The van der Waals surface area contributed by atoms with E-state index in [0.29, 0.717) is 17.7 Å². The van der Waals surface area contributed by atoms with Crippen LogP contribution < -0.4 is 5.73 Å². The molecule has 0 radical (unpaired) electrons. The Morgan fingerprint density at radius 3 is 2.62 bits per heavy atom. The highest BCUT2D eigenvalue weighted by atomic mass is 16.3. The van der Waals surface area contributed by atoms with E-state index in [0.717, 1.165) is 30.4 Å². The Morgan fingerprint density at radius 1 is 1.14 bits per heavy atom. The predicted molar refractivity (Wildman–Crippen MR) is 85.8 cm³/mol. The number of nitrogens with zero attached hydrogens (tertiary/aromatic N) is 1. The average molecular weight is 288 g/mol. The third-order valence-corrected chi connectivity index (χ3v) is 5.68. The third kappa shape index (κ3) is 2.80. The van der Waals surface area contributed by atoms with Crippen molar-refractivity contribution in [3.63, 3.8) is 0 Å². The minimum Gasteiger partial charge on any atom is -0.385 e. The minimum absolute atomic E-state index is 0.359. The number of aryl methyl sites for hydroxylation is 1. The summed E-state index contributed by atoms with van der Waals surface area (Å²) in [6.07, 6.45) is 12.6. The molecule has 2 fully saturated rings. The smallest absolute Gasteiger partial charge is 0.129 e. The average Bonchev–Trinajstić information content (AvgIpc) is 2.51. The van der Waals surface area contributed by atoms with Crippen LogP contribution in [0.1, 0.15) is 68.9 Å². The van der Waals surface area contributed by atoms with Crippen molar-refractivity contribution >= 4 is 5.82 Å². The van der Waals surface area contributed by atoms with Gasteiger partial charge in [-0.05, 0) is 43.2 Å². The van der Waals surface area contributed by atoms with E-state index < -0.39 is 5.60 Å². The Bertz CT molecular complexity index is 496. The van der Waals surface area contributed by atoms with Crippen molar-refractivity contribution in [2.24, 2.45) is 11.8 Å². The number of pyridine rings is 1. The van der Waals surface area contributed by atoms with Crippen molar-refractivity contribution < 1.29 is 5.11 Å². The summed E-state index contributed by atoms with van der Waals surface area (Å²) in [6.45, 7) is 2.03. The molecule has 3 nitrogen and oxygen atoms in total. The summed E-state index contributed by atoms with van der Waals surface area (Å²) < 4.78 is 0. The molecular weight excluding hydrogens is 260 g/mol. The molecule has 2 aliphatic rings. The van der Waals surface area contributed by atoms with E-state index in [-0.39, 0.29) is 0 Å². The van der Waals surface area contributed by atoms with Gasteiger partial charge in [-0.15, -0.1) is 0 Å². The second kappa shape index (κ2) is 5.96. The van der Waals surface area contributed by atoms with Gasteiger partial charge in [-0.2, -0.15) is 0 Å². The van der Waals surface area contributed by atoms with E-state index >= 15 is 0 Å². The molecule has 2 aliphatic carbocycles. The van der Waals surface area contributed by atoms with Crippen molar-refractivity contribution in [1.29, 1.82) is 0 Å². The van der Waals surface area contributed by atoms with Crippen molar-refractivity contribution in [1.82, 2.24) is 4.98 Å². The second-order valence-corrected chi connectivity index (χ2v) is 7.12. The molecule has 1 heterocycles. The van der Waals surface area contributed by atoms with Crippen LogP contribution in [0.15, 0.2) is 12.3 Å². The minimum atomic E-state index is -0.761. The number of aliphatic hydroxyl groups is 1. The summed E-state index contributed by atoms with van der Waals surface area (Å²) in [5.74, 6) is 1.53. The molecule has 1 aromatic heterocycles. The van der Waals surface area contributed by atoms with E-state index in [1.807, 2.05) is 6.92 Å². The van der Waals surface area contributed by atoms with Crippen LogP contribution in [0.5, 0.6) is 0 Å². The number of rotatable bonds is 2. The maximum absolute atomic E-state index is 11.5. The molecule has 0 aliphatic heterocycles. The summed E-state index contributed by atoms with van der Waals surface area (Å²) in [6, 6.07) is 2.06. The quantitative estimate of drug-likeness (QED) is 0.867. The van der Waals surface area contributed by atoms with Crippen LogP contribution in [0, 0.1) is 18.8 Å². The highest BCUT2D eigenvalue weighted by Gasteiger charge is 2.45. The molecule has 2 atom stereocenters. The lowest BCUT2D eigenvalue weighted by molar-refractivity contribution is -0.0831. The van der Waals surface area contributed by atoms with Crippen LogP contribution >= 0.6 is 0 Å². The van der Waals surface area contributed by atoms with Gasteiger partial charge >= 0.3 is 0 Å². The van der Waals surface area contributed by atoms with Crippen molar-refractivity contribution in [2.45, 2.75) is 70.3 Å². The molecular formula is C18H28N2O. The van der Waals surface area contributed by atoms with Gasteiger partial charge in [-0.25, -0.2) is 4.98 Å². The van der Waals surface area contributed by atoms with Gasteiger partial charge in [0, 0.05) is 11.8 Å². The molecule has 0 bridgehead atoms. The molecule has 3 heteroatoms. The van der Waals surface area contributed by atoms with Crippen molar-refractivity contribution in [2.75, 3.05) is 5.73 Å². The Labute approximate surface area is 128 Å². The number of nitrogen functional groups attached to an aromatic ring is 1. The monoisotopic (exact) mass is 288 g/mol. The molecule has 1 aromatic rings. The second-order valence-electron chi connectivity index (χ2n) is 7.12. The van der Waals surface area contributed by atoms with Gasteiger partial charge in [0.25, 0.3) is 0 Å². The zero-order chi connectivity index (χ0) is 14.9. The Hall–Kier alpha value is -1.09. The zero-order valence-electron chi connectivity index (χ0n) is 13.1. The first-order chi connectivity index (χ1) is 10.1. The normalized spacial score (nSPS) is 31.2. The van der Waals surface area contributed by atoms with Gasteiger partial charge in [-0.1, -0.05) is 44.9 Å². The maximum Gasteiger partial charge on any atom is 0.129 e. The van der Waals surface area contributed by atoms with E-state index in [4.69, 9.17) is 5.73 Å². The van der Waals surface area contributed by atoms with Crippen LogP contribution in [0.3, 0.4) is 0 Å². The zero-order valence-corrected chi connectivity index (χ0v) is 13.1. The highest BCUT2D eigenvalue weighted by molar-refractivity contribution is 5.45.